The molecule has 0 aromatic carbocycles. The van der Waals surface area contributed by atoms with Gasteiger partial charge in [-0.3, -0.25) is 16.1 Å². The van der Waals surface area contributed by atoms with Crippen molar-refractivity contribution in [1.29, 1.82) is 5.26 Å². The molecule has 5 nitrogen and oxygen atoms in total. The molecule has 0 saturated carbocycles. The summed E-state index contributed by atoms with van der Waals surface area (Å²) in [7, 11) is 2.08. The molecule has 0 amide bonds. The summed E-state index contributed by atoms with van der Waals surface area (Å²) in [5.41, 5.74) is 1.70. The quantitative estimate of drug-likeness (QED) is 0.763. The maximum Gasteiger partial charge on any atom is 0.256 e. The maximum absolute atomic E-state index is 12.1. The Bertz CT molecular complexity index is 753. The van der Waals surface area contributed by atoms with Crippen LogP contribution >= 0.6 is 11.3 Å². The van der Waals surface area contributed by atoms with Crippen LogP contribution in [0.2, 0.25) is 0 Å². The molecular weight excluding hydrogens is 361 g/mol. The fourth-order valence-corrected chi connectivity index (χ4v) is 3.47. The summed E-state index contributed by atoms with van der Waals surface area (Å²) < 4.78 is 0. The van der Waals surface area contributed by atoms with Crippen LogP contribution in [0.5, 0.6) is 0 Å². The van der Waals surface area contributed by atoms with Gasteiger partial charge in [-0.1, -0.05) is 11.8 Å². The number of aryl methyl sites for hydroxylation is 1. The molecule has 1 saturated heterocycles. The molecule has 2 aromatic heterocycles. The third-order valence-electron chi connectivity index (χ3n) is 3.77. The topological polar surface area (TPSA) is 63.1 Å². The van der Waals surface area contributed by atoms with Gasteiger partial charge in [-0.05, 0) is 7.05 Å². The van der Waals surface area contributed by atoms with Gasteiger partial charge in [0.25, 0.3) is 5.56 Å². The molecule has 1 aliphatic heterocycles. The van der Waals surface area contributed by atoms with Crippen molar-refractivity contribution in [2.75, 3.05) is 38.1 Å². The van der Waals surface area contributed by atoms with Crippen LogP contribution in [-0.2, 0) is 32.7 Å². The number of thiophene rings is 1. The number of nitriles is 1. The molecule has 0 unspecified atom stereocenters. The van der Waals surface area contributed by atoms with E-state index in [-0.39, 0.29) is 43.8 Å². The molecule has 7 heteroatoms. The normalized spacial score (nSPS) is 15.8. The van der Waals surface area contributed by atoms with Crippen LogP contribution in [0, 0.1) is 23.6 Å². The van der Waals surface area contributed by atoms with Crippen molar-refractivity contribution >= 4 is 27.2 Å². The Balaban J connectivity index is 0.00000161. The number of fused-ring (bicyclic) bond motifs is 1. The van der Waals surface area contributed by atoms with E-state index in [0.717, 1.165) is 47.6 Å². The third kappa shape index (κ3) is 2.93. The summed E-state index contributed by atoms with van der Waals surface area (Å²) in [6.07, 6.45) is 0. The molecular formula is C14H15N4OSY-. The Morgan fingerprint density at radius 3 is 2.62 bits per heavy atom. The molecule has 1 N–H and O–H groups in total. The molecule has 3 rings (SSSR count). The minimum Gasteiger partial charge on any atom is -0.378 e. The number of H-pyrrole nitrogens is 1. The summed E-state index contributed by atoms with van der Waals surface area (Å²) in [5, 5.41) is 13.5. The van der Waals surface area contributed by atoms with E-state index in [9.17, 15) is 10.1 Å². The molecule has 107 valence electrons. The fraction of sp³-hybridized carbons (Fsp3) is 0.429. The van der Waals surface area contributed by atoms with Crippen molar-refractivity contribution in [1.82, 2.24) is 9.88 Å². The van der Waals surface area contributed by atoms with Crippen LogP contribution in [-0.4, -0.2) is 43.1 Å². The van der Waals surface area contributed by atoms with Crippen molar-refractivity contribution in [3.63, 3.8) is 0 Å². The van der Waals surface area contributed by atoms with E-state index in [4.69, 9.17) is 0 Å². The van der Waals surface area contributed by atoms with Gasteiger partial charge in [0.15, 0.2) is 0 Å². The van der Waals surface area contributed by atoms with Gasteiger partial charge in [0, 0.05) is 64.6 Å². The number of hydrogen-bond donors (Lipinski definition) is 1. The first-order valence-corrected chi connectivity index (χ1v) is 7.34. The molecule has 1 fully saturated rings. The first kappa shape index (κ1) is 16.6. The van der Waals surface area contributed by atoms with E-state index in [1.165, 1.54) is 11.3 Å². The summed E-state index contributed by atoms with van der Waals surface area (Å²) in [5.74, 6) is 0. The van der Waals surface area contributed by atoms with Gasteiger partial charge in [0.2, 0.25) is 0 Å². The minimum atomic E-state index is -0.302. The van der Waals surface area contributed by atoms with Crippen LogP contribution in [0.25, 0.3) is 10.2 Å². The van der Waals surface area contributed by atoms with E-state index in [1.807, 2.05) is 6.92 Å². The van der Waals surface area contributed by atoms with Gasteiger partial charge in [-0.25, -0.2) is 0 Å². The predicted octanol–water partition coefficient (Wildman–Crippen LogP) is 1.32. The number of piperazine rings is 1. The molecule has 0 atom stereocenters. The number of aromatic amines is 1. The van der Waals surface area contributed by atoms with Gasteiger partial charge in [0.1, 0.15) is 11.6 Å². The van der Waals surface area contributed by atoms with Crippen molar-refractivity contribution in [2.24, 2.45) is 0 Å². The van der Waals surface area contributed by atoms with E-state index in [0.29, 0.717) is 0 Å². The molecule has 2 aromatic rings. The largest absolute Gasteiger partial charge is 0.378 e. The molecule has 0 bridgehead atoms. The van der Waals surface area contributed by atoms with Crippen LogP contribution < -0.4 is 10.5 Å². The number of hydrogen-bond acceptors (Lipinski definition) is 5. The second-order valence-electron chi connectivity index (χ2n) is 5.11. The van der Waals surface area contributed by atoms with E-state index in [2.05, 4.69) is 33.3 Å². The average Bonchev–Trinajstić information content (AvgIpc) is 2.79. The third-order valence-corrected chi connectivity index (χ3v) is 4.69. The second kappa shape index (κ2) is 6.57. The average molecular weight is 376 g/mol. The van der Waals surface area contributed by atoms with E-state index < -0.39 is 0 Å². The number of aromatic nitrogens is 1. The van der Waals surface area contributed by atoms with Gasteiger partial charge >= 0.3 is 0 Å². The van der Waals surface area contributed by atoms with Crippen molar-refractivity contribution in [3.05, 3.63) is 26.9 Å². The van der Waals surface area contributed by atoms with Crippen LogP contribution in [0.3, 0.4) is 0 Å². The van der Waals surface area contributed by atoms with Gasteiger partial charge in [0.05, 0.1) is 0 Å². The number of nitrogens with zero attached hydrogens (tertiary/aromatic N) is 3. The standard InChI is InChI=1S/C14H15N4OS.Y/c1-9-8-20-14-11(9)12(10(7-15)13(19)16-14)18-5-3-17(2)4-6-18;/h3-6H2,1-2H3,(H,16,19);/q-1;. The molecule has 1 radical (unpaired) electrons. The van der Waals surface area contributed by atoms with Crippen molar-refractivity contribution < 1.29 is 32.7 Å². The first-order valence-electron chi connectivity index (χ1n) is 6.52. The van der Waals surface area contributed by atoms with Crippen LogP contribution in [0.15, 0.2) is 4.79 Å². The zero-order valence-corrected chi connectivity index (χ0v) is 15.7. The summed E-state index contributed by atoms with van der Waals surface area (Å²) in [6.45, 7) is 5.51. The van der Waals surface area contributed by atoms with Crippen molar-refractivity contribution in [3.8, 4) is 6.07 Å². The van der Waals surface area contributed by atoms with E-state index >= 15 is 0 Å². The number of likely N-dealkylation sites (N-methyl/N-ethyl adjacent to an activating group) is 1. The molecule has 3 heterocycles. The summed E-state index contributed by atoms with van der Waals surface area (Å²) in [6, 6.07) is 2.07. The molecule has 21 heavy (non-hydrogen) atoms. The fourth-order valence-electron chi connectivity index (χ4n) is 2.62. The Kier molecular flexibility index (Phi) is 5.21. The molecule has 0 aliphatic carbocycles. The Morgan fingerprint density at radius 1 is 1.33 bits per heavy atom. The SMILES string of the molecule is Cc1[c-]sc2[nH]c(=O)c(C#N)c(N3CCN(C)CC3)c12.[Y]. The first-order chi connectivity index (χ1) is 9.61. The van der Waals surface area contributed by atoms with Gasteiger partial charge < -0.3 is 14.8 Å². The Labute approximate surface area is 152 Å². The van der Waals surface area contributed by atoms with Crippen molar-refractivity contribution in [2.45, 2.75) is 6.92 Å². The zero-order valence-electron chi connectivity index (χ0n) is 12.1. The van der Waals surface area contributed by atoms with Crippen LogP contribution in [0.4, 0.5) is 5.69 Å². The maximum atomic E-state index is 12.1. The van der Waals surface area contributed by atoms with Gasteiger partial charge in [-0.15, -0.1) is 10.8 Å². The smallest absolute Gasteiger partial charge is 0.256 e. The van der Waals surface area contributed by atoms with Crippen LogP contribution in [0.1, 0.15) is 11.1 Å². The van der Waals surface area contributed by atoms with Gasteiger partial charge in [-0.2, -0.15) is 10.8 Å². The Hall–Kier alpha value is -0.736. The minimum absolute atomic E-state index is 0. The predicted molar refractivity (Wildman–Crippen MR) is 80.4 cm³/mol. The number of nitrogens with one attached hydrogen (secondary N) is 1. The monoisotopic (exact) mass is 376 g/mol. The van der Waals surface area contributed by atoms with E-state index in [1.54, 1.807) is 0 Å². The molecule has 1 aliphatic rings. The summed E-state index contributed by atoms with van der Waals surface area (Å²) in [4.78, 5) is 20.1. The number of rotatable bonds is 1. The number of anilines is 1. The second-order valence-corrected chi connectivity index (χ2v) is 5.93. The Morgan fingerprint density at radius 2 is 2.00 bits per heavy atom. The zero-order chi connectivity index (χ0) is 14.3. The molecule has 0 spiro atoms. The number of pyridine rings is 1. The summed E-state index contributed by atoms with van der Waals surface area (Å²) >= 11 is 1.40.